The third-order valence-corrected chi connectivity index (χ3v) is 3.80. The van der Waals surface area contributed by atoms with Crippen molar-refractivity contribution in [2.45, 2.75) is 6.92 Å². The zero-order valence-electron chi connectivity index (χ0n) is 9.20. The number of sulfonamides is 1. The molecule has 6 nitrogen and oxygen atoms in total. The van der Waals surface area contributed by atoms with E-state index in [1.165, 1.54) is 24.3 Å². The second-order valence-corrected chi connectivity index (χ2v) is 5.23. The molecule has 0 heterocycles. The number of aliphatic carboxylic acids is 1. The van der Waals surface area contributed by atoms with Gasteiger partial charge in [0.2, 0.25) is 10.0 Å². The molecular formula is C10H13NO5S. The van der Waals surface area contributed by atoms with Crippen LogP contribution in [0.1, 0.15) is 6.92 Å². The summed E-state index contributed by atoms with van der Waals surface area (Å²) in [4.78, 5) is 10.5. The number of rotatable bonds is 5. The summed E-state index contributed by atoms with van der Waals surface area (Å²) in [5.41, 5.74) is 0.244. The van der Waals surface area contributed by atoms with Crippen molar-refractivity contribution >= 4 is 21.7 Å². The van der Waals surface area contributed by atoms with Crippen molar-refractivity contribution in [2.24, 2.45) is 0 Å². The minimum Gasteiger partial charge on any atom is -0.508 e. The Kier molecular flexibility index (Phi) is 3.95. The summed E-state index contributed by atoms with van der Waals surface area (Å²) in [5.74, 6) is -2.47. The van der Waals surface area contributed by atoms with Crippen LogP contribution in [0.5, 0.6) is 5.75 Å². The van der Waals surface area contributed by atoms with Gasteiger partial charge in [-0.25, -0.2) is 8.42 Å². The summed E-state index contributed by atoms with van der Waals surface area (Å²) in [6.07, 6.45) is 0. The normalized spacial score (nSPS) is 11.1. The van der Waals surface area contributed by atoms with Crippen molar-refractivity contribution in [2.75, 3.05) is 16.6 Å². The average molecular weight is 259 g/mol. The molecule has 17 heavy (non-hydrogen) atoms. The number of carboxylic acid groups (broad SMARTS) is 1. The Morgan fingerprint density at radius 2 is 2.06 bits per heavy atom. The van der Waals surface area contributed by atoms with Crippen molar-refractivity contribution in [3.8, 4) is 5.75 Å². The van der Waals surface area contributed by atoms with Crippen LogP contribution < -0.4 is 4.31 Å². The molecule has 1 aromatic rings. The molecule has 0 fully saturated rings. The number of hydrogen-bond acceptors (Lipinski definition) is 4. The van der Waals surface area contributed by atoms with E-state index in [2.05, 4.69) is 0 Å². The van der Waals surface area contributed by atoms with Gasteiger partial charge >= 0.3 is 5.97 Å². The minimum atomic E-state index is -3.92. The first-order valence-electron chi connectivity index (χ1n) is 4.88. The Bertz CT molecular complexity index is 511. The van der Waals surface area contributed by atoms with Gasteiger partial charge < -0.3 is 10.2 Å². The van der Waals surface area contributed by atoms with Crippen LogP contribution in [-0.4, -0.2) is 36.9 Å². The largest absolute Gasteiger partial charge is 0.508 e. The van der Waals surface area contributed by atoms with Gasteiger partial charge in [0.25, 0.3) is 0 Å². The van der Waals surface area contributed by atoms with E-state index in [1.807, 2.05) is 0 Å². The summed E-state index contributed by atoms with van der Waals surface area (Å²) in [6.45, 7) is 1.68. The highest BCUT2D eigenvalue weighted by Crippen LogP contribution is 2.22. The van der Waals surface area contributed by atoms with Crippen molar-refractivity contribution in [3.63, 3.8) is 0 Å². The molecule has 0 atom stereocenters. The lowest BCUT2D eigenvalue weighted by Gasteiger charge is -2.21. The highest BCUT2D eigenvalue weighted by Gasteiger charge is 2.24. The molecule has 0 saturated carbocycles. The second kappa shape index (κ2) is 5.05. The van der Waals surface area contributed by atoms with Gasteiger partial charge in [-0.05, 0) is 19.1 Å². The monoisotopic (exact) mass is 259 g/mol. The molecule has 1 aromatic carbocycles. The maximum Gasteiger partial charge on any atom is 0.320 e. The Labute approximate surface area is 99.2 Å². The van der Waals surface area contributed by atoms with Crippen molar-refractivity contribution in [1.29, 1.82) is 0 Å². The number of phenolic OH excluding ortho intramolecular Hbond substituents is 1. The van der Waals surface area contributed by atoms with E-state index >= 15 is 0 Å². The molecule has 0 amide bonds. The summed E-state index contributed by atoms with van der Waals surface area (Å²) < 4.78 is 24.4. The number of phenols is 1. The number of anilines is 1. The fourth-order valence-corrected chi connectivity index (χ4v) is 2.72. The summed E-state index contributed by atoms with van der Waals surface area (Å²) in [6, 6.07) is 5.65. The van der Waals surface area contributed by atoms with Gasteiger partial charge in [0.05, 0.1) is 5.69 Å². The molecule has 0 saturated heterocycles. The quantitative estimate of drug-likeness (QED) is 0.808. The average Bonchev–Trinajstić information content (AvgIpc) is 2.15. The SMILES string of the molecule is CCN(c1cccc(O)c1)S(=O)(=O)CC(=O)O. The van der Waals surface area contributed by atoms with E-state index in [1.54, 1.807) is 6.92 Å². The molecule has 0 bridgehead atoms. The highest BCUT2D eigenvalue weighted by molar-refractivity contribution is 7.93. The third kappa shape index (κ3) is 3.35. The molecule has 1 rings (SSSR count). The second-order valence-electron chi connectivity index (χ2n) is 3.33. The predicted octanol–water partition coefficient (Wildman–Crippen LogP) is 0.633. The first kappa shape index (κ1) is 13.3. The number of carbonyl (C=O) groups is 1. The van der Waals surface area contributed by atoms with Crippen LogP contribution in [0.4, 0.5) is 5.69 Å². The smallest absolute Gasteiger partial charge is 0.320 e. The van der Waals surface area contributed by atoms with Gasteiger partial charge in [0, 0.05) is 12.6 Å². The number of hydrogen-bond donors (Lipinski definition) is 2. The molecule has 0 aliphatic rings. The van der Waals surface area contributed by atoms with Gasteiger partial charge in [0.15, 0.2) is 5.75 Å². The molecule has 0 aromatic heterocycles. The predicted molar refractivity (Wildman–Crippen MR) is 62.5 cm³/mol. The van der Waals surface area contributed by atoms with Crippen LogP contribution in [0.25, 0.3) is 0 Å². The number of aromatic hydroxyl groups is 1. The molecule has 2 N–H and O–H groups in total. The lowest BCUT2D eigenvalue weighted by Crippen LogP contribution is -2.35. The number of benzene rings is 1. The lowest BCUT2D eigenvalue weighted by atomic mass is 10.3. The molecule has 0 spiro atoms. The Morgan fingerprint density at radius 1 is 1.41 bits per heavy atom. The minimum absolute atomic E-state index is 0.0773. The van der Waals surface area contributed by atoms with Crippen LogP contribution in [0.15, 0.2) is 24.3 Å². The zero-order valence-corrected chi connectivity index (χ0v) is 10.0. The molecule has 7 heteroatoms. The molecular weight excluding hydrogens is 246 g/mol. The van der Waals surface area contributed by atoms with Gasteiger partial charge in [-0.2, -0.15) is 0 Å². The van der Waals surface area contributed by atoms with E-state index in [0.29, 0.717) is 0 Å². The standard InChI is InChI=1S/C10H13NO5S/c1-2-11(17(15,16)7-10(13)14)8-4-3-5-9(12)6-8/h3-6,12H,2,7H2,1H3,(H,13,14). The molecule has 94 valence electrons. The van der Waals surface area contributed by atoms with Crippen LogP contribution in [0.3, 0.4) is 0 Å². The highest BCUT2D eigenvalue weighted by atomic mass is 32.2. The number of nitrogens with zero attached hydrogens (tertiary/aromatic N) is 1. The van der Waals surface area contributed by atoms with Crippen LogP contribution in [-0.2, 0) is 14.8 Å². The molecule has 0 aliphatic heterocycles. The number of carboxylic acids is 1. The van der Waals surface area contributed by atoms with E-state index < -0.39 is 21.7 Å². The lowest BCUT2D eigenvalue weighted by molar-refractivity contribution is -0.134. The van der Waals surface area contributed by atoms with E-state index in [4.69, 9.17) is 5.11 Å². The van der Waals surface area contributed by atoms with Crippen molar-refractivity contribution in [1.82, 2.24) is 0 Å². The van der Waals surface area contributed by atoms with Crippen LogP contribution in [0, 0.1) is 0 Å². The van der Waals surface area contributed by atoms with Crippen LogP contribution in [0.2, 0.25) is 0 Å². The fourth-order valence-electron chi connectivity index (χ4n) is 1.42. The van der Waals surface area contributed by atoms with E-state index in [9.17, 15) is 18.3 Å². The first-order chi connectivity index (χ1) is 7.86. The molecule has 0 unspecified atom stereocenters. The van der Waals surface area contributed by atoms with E-state index in [-0.39, 0.29) is 18.0 Å². The van der Waals surface area contributed by atoms with Gasteiger partial charge in [-0.3, -0.25) is 9.10 Å². The Balaban J connectivity index is 3.12. The topological polar surface area (TPSA) is 94.9 Å². The molecule has 0 aliphatic carbocycles. The van der Waals surface area contributed by atoms with Gasteiger partial charge in [0.1, 0.15) is 5.75 Å². The third-order valence-electron chi connectivity index (χ3n) is 2.05. The Morgan fingerprint density at radius 3 is 2.53 bits per heavy atom. The first-order valence-corrected chi connectivity index (χ1v) is 6.49. The summed E-state index contributed by atoms with van der Waals surface area (Å²) >= 11 is 0. The fraction of sp³-hybridized carbons (Fsp3) is 0.300. The maximum atomic E-state index is 11.7. The Hall–Kier alpha value is -1.76. The van der Waals surface area contributed by atoms with Crippen LogP contribution >= 0.6 is 0 Å². The molecule has 0 radical (unpaired) electrons. The van der Waals surface area contributed by atoms with Crippen molar-refractivity contribution < 1.29 is 23.4 Å². The van der Waals surface area contributed by atoms with Gasteiger partial charge in [-0.1, -0.05) is 6.07 Å². The summed E-state index contributed by atoms with van der Waals surface area (Å²) in [7, 11) is -3.92. The maximum absolute atomic E-state index is 11.7. The van der Waals surface area contributed by atoms with E-state index in [0.717, 1.165) is 4.31 Å². The van der Waals surface area contributed by atoms with Crippen molar-refractivity contribution in [3.05, 3.63) is 24.3 Å². The van der Waals surface area contributed by atoms with Gasteiger partial charge in [-0.15, -0.1) is 0 Å². The summed E-state index contributed by atoms with van der Waals surface area (Å²) in [5, 5.41) is 17.8. The zero-order chi connectivity index (χ0) is 13.1.